The highest BCUT2D eigenvalue weighted by atomic mass is 32.2. The molecule has 4 atom stereocenters. The fourth-order valence-electron chi connectivity index (χ4n) is 1.92. The van der Waals surface area contributed by atoms with Crippen LogP contribution in [0.3, 0.4) is 0 Å². The van der Waals surface area contributed by atoms with E-state index in [0.717, 1.165) is 0 Å². The highest BCUT2D eigenvalue weighted by Gasteiger charge is 2.42. The summed E-state index contributed by atoms with van der Waals surface area (Å²) >= 11 is 0. The van der Waals surface area contributed by atoms with Crippen LogP contribution in [0.5, 0.6) is 0 Å². The van der Waals surface area contributed by atoms with Crippen molar-refractivity contribution in [2.75, 3.05) is 11.9 Å². The summed E-state index contributed by atoms with van der Waals surface area (Å²) in [4.78, 5) is -0.0378. The van der Waals surface area contributed by atoms with E-state index < -0.39 is 41.2 Å². The van der Waals surface area contributed by atoms with E-state index in [0.29, 0.717) is 5.69 Å². The minimum Gasteiger partial charge on any atom is -0.394 e. The third kappa shape index (κ3) is 3.08. The molecule has 1 aliphatic rings. The molecule has 1 aliphatic heterocycles. The number of aliphatic hydroxyl groups is 3. The van der Waals surface area contributed by atoms with Crippen LogP contribution >= 0.6 is 0 Å². The number of hydrogen-bond donors (Lipinski definition) is 5. The van der Waals surface area contributed by atoms with E-state index in [1.807, 2.05) is 0 Å². The number of ether oxygens (including phenoxy) is 1. The van der Waals surface area contributed by atoms with E-state index >= 15 is 0 Å². The van der Waals surface area contributed by atoms with Crippen molar-refractivity contribution in [1.29, 1.82) is 0 Å². The van der Waals surface area contributed by atoms with Gasteiger partial charge < -0.3 is 25.4 Å². The van der Waals surface area contributed by atoms with E-state index in [4.69, 9.17) is 15.0 Å². The van der Waals surface area contributed by atoms with Crippen LogP contribution in [0.25, 0.3) is 0 Å². The Morgan fingerprint density at radius 2 is 1.80 bits per heavy atom. The smallest absolute Gasteiger partial charge is 0.238 e. The van der Waals surface area contributed by atoms with Gasteiger partial charge in [-0.25, -0.2) is 13.6 Å². The fourth-order valence-corrected chi connectivity index (χ4v) is 2.44. The molecule has 1 aromatic carbocycles. The number of primary sulfonamides is 1. The zero-order chi connectivity index (χ0) is 14.9. The Hall–Kier alpha value is -1.23. The van der Waals surface area contributed by atoms with Crippen LogP contribution in [-0.4, -0.2) is 54.9 Å². The molecule has 9 heteroatoms. The molecular weight excluding hydrogens is 288 g/mol. The normalized spacial score (nSPS) is 30.4. The lowest BCUT2D eigenvalue weighted by atomic mass is 10.1. The van der Waals surface area contributed by atoms with Gasteiger partial charge in [0.05, 0.1) is 11.5 Å². The van der Waals surface area contributed by atoms with Crippen LogP contribution < -0.4 is 10.5 Å². The van der Waals surface area contributed by atoms with E-state index in [-0.39, 0.29) is 4.90 Å². The molecule has 0 aromatic heterocycles. The molecule has 2 rings (SSSR count). The lowest BCUT2D eigenvalue weighted by molar-refractivity contribution is -0.0153. The van der Waals surface area contributed by atoms with Crippen molar-refractivity contribution < 1.29 is 28.5 Å². The quantitative estimate of drug-likeness (QED) is 0.441. The molecule has 20 heavy (non-hydrogen) atoms. The Morgan fingerprint density at radius 1 is 1.20 bits per heavy atom. The summed E-state index contributed by atoms with van der Waals surface area (Å²) in [5, 5.41) is 36.0. The summed E-state index contributed by atoms with van der Waals surface area (Å²) < 4.78 is 27.4. The van der Waals surface area contributed by atoms with Gasteiger partial charge in [-0.2, -0.15) is 0 Å². The lowest BCUT2D eigenvalue weighted by Crippen LogP contribution is -2.36. The second-order valence-corrected chi connectivity index (χ2v) is 6.03. The van der Waals surface area contributed by atoms with Crippen LogP contribution in [0.15, 0.2) is 29.2 Å². The molecule has 0 amide bonds. The van der Waals surface area contributed by atoms with Crippen LogP contribution in [0.4, 0.5) is 5.69 Å². The molecule has 6 N–H and O–H groups in total. The summed E-state index contributed by atoms with van der Waals surface area (Å²) in [6.07, 6.45) is -4.17. The van der Waals surface area contributed by atoms with Gasteiger partial charge in [-0.05, 0) is 24.3 Å². The maximum absolute atomic E-state index is 11.1. The maximum Gasteiger partial charge on any atom is 0.238 e. The van der Waals surface area contributed by atoms with Gasteiger partial charge in [-0.15, -0.1) is 0 Å². The Morgan fingerprint density at radius 3 is 2.25 bits per heavy atom. The van der Waals surface area contributed by atoms with E-state index in [2.05, 4.69) is 5.32 Å². The van der Waals surface area contributed by atoms with Crippen LogP contribution in [-0.2, 0) is 14.8 Å². The zero-order valence-electron chi connectivity index (χ0n) is 10.4. The van der Waals surface area contributed by atoms with Gasteiger partial charge >= 0.3 is 0 Å². The Labute approximate surface area is 115 Å². The molecule has 0 bridgehead atoms. The summed E-state index contributed by atoms with van der Waals surface area (Å²) in [5.41, 5.74) is 0.479. The Kier molecular flexibility index (Phi) is 4.28. The largest absolute Gasteiger partial charge is 0.394 e. The summed E-state index contributed by atoms with van der Waals surface area (Å²) in [6, 6.07) is 5.51. The molecule has 1 fully saturated rings. The molecule has 0 radical (unpaired) electrons. The number of nitrogens with two attached hydrogens (primary N) is 1. The van der Waals surface area contributed by atoms with Crippen molar-refractivity contribution in [2.45, 2.75) is 29.4 Å². The summed E-state index contributed by atoms with van der Waals surface area (Å²) in [6.45, 7) is -0.416. The highest BCUT2D eigenvalue weighted by Crippen LogP contribution is 2.23. The second-order valence-electron chi connectivity index (χ2n) is 4.47. The number of benzene rings is 1. The SMILES string of the molecule is NS(=O)(=O)c1ccc(N[C@@H]2O[C@H](CO)[C@H](O)[C@H]2O)cc1. The first-order valence-electron chi connectivity index (χ1n) is 5.85. The van der Waals surface area contributed by atoms with Crippen LogP contribution in [0, 0.1) is 0 Å². The number of anilines is 1. The van der Waals surface area contributed by atoms with E-state index in [9.17, 15) is 18.6 Å². The Bertz CT molecular complexity index is 561. The predicted octanol–water partition coefficient (Wildman–Crippen LogP) is -1.82. The number of hydrogen-bond acceptors (Lipinski definition) is 7. The number of aliphatic hydroxyl groups excluding tert-OH is 3. The standard InChI is InChI=1S/C11H16N2O6S/c12-20(17,18)7-3-1-6(2-4-7)13-11-10(16)9(15)8(5-14)19-11/h1-4,8-11,13-16H,5H2,(H2,12,17,18)/t8-,9+,10-,11-/m1/s1. The molecule has 112 valence electrons. The number of nitrogens with one attached hydrogen (secondary N) is 1. The summed E-state index contributed by atoms with van der Waals surface area (Å²) in [7, 11) is -3.76. The van der Waals surface area contributed by atoms with Gasteiger partial charge in [0.25, 0.3) is 0 Å². The summed E-state index contributed by atoms with van der Waals surface area (Å²) in [5.74, 6) is 0. The molecule has 1 heterocycles. The van der Waals surface area contributed by atoms with E-state index in [1.165, 1.54) is 24.3 Å². The fraction of sp³-hybridized carbons (Fsp3) is 0.455. The minimum absolute atomic E-state index is 0.0378. The molecule has 0 spiro atoms. The first kappa shape index (κ1) is 15.2. The molecule has 8 nitrogen and oxygen atoms in total. The molecular formula is C11H16N2O6S. The third-order valence-corrected chi connectivity index (χ3v) is 3.96. The van der Waals surface area contributed by atoms with Crippen molar-refractivity contribution >= 4 is 15.7 Å². The van der Waals surface area contributed by atoms with Crippen LogP contribution in [0.2, 0.25) is 0 Å². The van der Waals surface area contributed by atoms with Crippen molar-refractivity contribution in [1.82, 2.24) is 0 Å². The van der Waals surface area contributed by atoms with Gasteiger partial charge in [0.15, 0.2) is 6.23 Å². The average Bonchev–Trinajstić information content (AvgIpc) is 2.66. The van der Waals surface area contributed by atoms with Gasteiger partial charge in [0.2, 0.25) is 10.0 Å². The number of sulfonamides is 1. The van der Waals surface area contributed by atoms with Crippen LogP contribution in [0.1, 0.15) is 0 Å². The lowest BCUT2D eigenvalue weighted by Gasteiger charge is -2.17. The molecule has 0 saturated carbocycles. The van der Waals surface area contributed by atoms with Crippen molar-refractivity contribution in [3.05, 3.63) is 24.3 Å². The highest BCUT2D eigenvalue weighted by molar-refractivity contribution is 7.89. The predicted molar refractivity (Wildman–Crippen MR) is 69.2 cm³/mol. The van der Waals surface area contributed by atoms with Gasteiger partial charge in [0.1, 0.15) is 18.3 Å². The van der Waals surface area contributed by atoms with Gasteiger partial charge in [0, 0.05) is 5.69 Å². The average molecular weight is 304 g/mol. The van der Waals surface area contributed by atoms with Gasteiger partial charge in [-0.3, -0.25) is 0 Å². The van der Waals surface area contributed by atoms with E-state index in [1.54, 1.807) is 0 Å². The van der Waals surface area contributed by atoms with Crippen molar-refractivity contribution in [3.63, 3.8) is 0 Å². The van der Waals surface area contributed by atoms with Gasteiger partial charge in [-0.1, -0.05) is 0 Å². The first-order valence-corrected chi connectivity index (χ1v) is 7.39. The van der Waals surface area contributed by atoms with Crippen molar-refractivity contribution in [3.8, 4) is 0 Å². The van der Waals surface area contributed by atoms with Crippen molar-refractivity contribution in [2.24, 2.45) is 5.14 Å². The minimum atomic E-state index is -3.76. The monoisotopic (exact) mass is 304 g/mol. The molecule has 0 unspecified atom stereocenters. The molecule has 1 aromatic rings. The Balaban J connectivity index is 2.08. The zero-order valence-corrected chi connectivity index (χ0v) is 11.2. The third-order valence-electron chi connectivity index (χ3n) is 3.03. The number of rotatable bonds is 4. The maximum atomic E-state index is 11.1. The topological polar surface area (TPSA) is 142 Å². The first-order chi connectivity index (χ1) is 9.32. The second kappa shape index (κ2) is 5.64. The molecule has 1 saturated heterocycles. The molecule has 0 aliphatic carbocycles.